The lowest BCUT2D eigenvalue weighted by molar-refractivity contribution is 0.486. The molecule has 0 amide bonds. The van der Waals surface area contributed by atoms with Gasteiger partial charge in [-0.3, -0.25) is 4.72 Å². The molecule has 0 atom stereocenters. The summed E-state index contributed by atoms with van der Waals surface area (Å²) >= 11 is 0. The van der Waals surface area contributed by atoms with Gasteiger partial charge in [0.2, 0.25) is 16.0 Å². The number of H-pyrrole nitrogens is 1. The first kappa shape index (κ1) is 10.5. The van der Waals surface area contributed by atoms with E-state index in [0.29, 0.717) is 5.95 Å². The maximum atomic E-state index is 11.9. The lowest BCUT2D eigenvalue weighted by Crippen LogP contribution is -2.30. The quantitative estimate of drug-likeness (QED) is 0.824. The van der Waals surface area contributed by atoms with Crippen molar-refractivity contribution in [3.8, 4) is 0 Å². The molecule has 1 saturated carbocycles. The predicted molar refractivity (Wildman–Crippen MR) is 58.0 cm³/mol. The number of nitrogens with zero attached hydrogens (tertiary/aromatic N) is 1. The first-order valence-corrected chi connectivity index (χ1v) is 6.74. The lowest BCUT2D eigenvalue weighted by atomic mass is 10.0. The van der Waals surface area contributed by atoms with Gasteiger partial charge in [-0.15, -0.1) is 0 Å². The van der Waals surface area contributed by atoms with E-state index in [1.165, 1.54) is 6.20 Å². The van der Waals surface area contributed by atoms with Gasteiger partial charge in [0.15, 0.2) is 0 Å². The summed E-state index contributed by atoms with van der Waals surface area (Å²) in [5.41, 5.74) is 0. The largest absolute Gasteiger partial charge is 0.330 e. The summed E-state index contributed by atoms with van der Waals surface area (Å²) in [5.74, 6) is 0.306. The minimum absolute atomic E-state index is 0.253. The topological polar surface area (TPSA) is 74.8 Å². The van der Waals surface area contributed by atoms with Gasteiger partial charge in [-0.25, -0.2) is 13.4 Å². The molecule has 0 spiro atoms. The highest BCUT2D eigenvalue weighted by molar-refractivity contribution is 7.93. The average molecular weight is 229 g/mol. The number of hydrogen-bond acceptors (Lipinski definition) is 3. The second-order valence-electron chi connectivity index (χ2n) is 3.84. The van der Waals surface area contributed by atoms with Crippen molar-refractivity contribution in [1.82, 2.24) is 9.97 Å². The molecule has 84 valence electrons. The zero-order valence-electron chi connectivity index (χ0n) is 8.44. The zero-order valence-corrected chi connectivity index (χ0v) is 9.26. The Morgan fingerprint density at radius 1 is 1.33 bits per heavy atom. The maximum absolute atomic E-state index is 11.9. The molecule has 1 fully saturated rings. The van der Waals surface area contributed by atoms with E-state index in [-0.39, 0.29) is 5.25 Å². The Kier molecular flexibility index (Phi) is 2.95. The van der Waals surface area contributed by atoms with Crippen LogP contribution in [0.4, 0.5) is 5.95 Å². The third kappa shape index (κ3) is 2.50. The van der Waals surface area contributed by atoms with Crippen LogP contribution in [0.2, 0.25) is 0 Å². The molecule has 1 aliphatic rings. The second kappa shape index (κ2) is 4.22. The van der Waals surface area contributed by atoms with Gasteiger partial charge < -0.3 is 4.98 Å². The van der Waals surface area contributed by atoms with Gasteiger partial charge in [0, 0.05) is 12.4 Å². The van der Waals surface area contributed by atoms with Crippen molar-refractivity contribution in [3.05, 3.63) is 12.4 Å². The molecule has 0 unspecified atom stereocenters. The number of anilines is 1. The average Bonchev–Trinajstić information content (AvgIpc) is 2.71. The summed E-state index contributed by atoms with van der Waals surface area (Å²) in [6, 6.07) is 0. The Hall–Kier alpha value is -1.04. The molecule has 15 heavy (non-hydrogen) atoms. The Morgan fingerprint density at radius 3 is 2.67 bits per heavy atom. The van der Waals surface area contributed by atoms with Crippen LogP contribution in [0.25, 0.3) is 0 Å². The smallest absolute Gasteiger partial charge is 0.237 e. The minimum Gasteiger partial charge on any atom is -0.330 e. The fourth-order valence-electron chi connectivity index (χ4n) is 1.91. The summed E-state index contributed by atoms with van der Waals surface area (Å²) in [7, 11) is -3.25. The SMILES string of the molecule is O=S(=O)(Nc1ncc[nH]1)C1CCCCC1. The number of nitrogens with one attached hydrogen (secondary N) is 2. The lowest BCUT2D eigenvalue weighted by Gasteiger charge is -2.21. The third-order valence-electron chi connectivity index (χ3n) is 2.73. The minimum atomic E-state index is -3.25. The van der Waals surface area contributed by atoms with Crippen LogP contribution in [0, 0.1) is 0 Å². The van der Waals surface area contributed by atoms with Crippen LogP contribution in [-0.4, -0.2) is 23.6 Å². The molecule has 1 aromatic rings. The third-order valence-corrected chi connectivity index (χ3v) is 4.56. The molecule has 0 aromatic carbocycles. The molecular weight excluding hydrogens is 214 g/mol. The number of sulfonamides is 1. The second-order valence-corrected chi connectivity index (χ2v) is 5.81. The van der Waals surface area contributed by atoms with E-state index in [1.807, 2.05) is 0 Å². The molecule has 5 nitrogen and oxygen atoms in total. The van der Waals surface area contributed by atoms with Crippen LogP contribution < -0.4 is 4.72 Å². The highest BCUT2D eigenvalue weighted by Crippen LogP contribution is 2.24. The number of imidazole rings is 1. The van der Waals surface area contributed by atoms with E-state index in [9.17, 15) is 8.42 Å². The summed E-state index contributed by atoms with van der Waals surface area (Å²) in [4.78, 5) is 6.58. The molecule has 1 aromatic heterocycles. The number of aromatic amines is 1. The molecule has 1 aliphatic carbocycles. The van der Waals surface area contributed by atoms with E-state index in [0.717, 1.165) is 32.1 Å². The number of rotatable bonds is 3. The van der Waals surface area contributed by atoms with E-state index < -0.39 is 10.0 Å². The van der Waals surface area contributed by atoms with Gasteiger partial charge in [-0.2, -0.15) is 0 Å². The maximum Gasteiger partial charge on any atom is 0.237 e. The molecule has 0 radical (unpaired) electrons. The van der Waals surface area contributed by atoms with Crippen LogP contribution in [0.3, 0.4) is 0 Å². The van der Waals surface area contributed by atoms with Crippen molar-refractivity contribution >= 4 is 16.0 Å². The summed E-state index contributed by atoms with van der Waals surface area (Å²) in [6.45, 7) is 0. The highest BCUT2D eigenvalue weighted by Gasteiger charge is 2.27. The van der Waals surface area contributed by atoms with Crippen LogP contribution >= 0.6 is 0 Å². The van der Waals surface area contributed by atoms with Crippen LogP contribution in [0.15, 0.2) is 12.4 Å². The van der Waals surface area contributed by atoms with Gasteiger partial charge in [0.25, 0.3) is 0 Å². The van der Waals surface area contributed by atoms with Gasteiger partial charge in [0.05, 0.1) is 5.25 Å². The monoisotopic (exact) mass is 229 g/mol. The normalized spacial score (nSPS) is 18.9. The Bertz CT molecular complexity index is 393. The van der Waals surface area contributed by atoms with Crippen molar-refractivity contribution in [2.45, 2.75) is 37.4 Å². The summed E-state index contributed by atoms with van der Waals surface area (Å²) in [6.07, 6.45) is 7.80. The number of aromatic nitrogens is 2. The fraction of sp³-hybridized carbons (Fsp3) is 0.667. The first-order valence-electron chi connectivity index (χ1n) is 5.19. The molecule has 0 bridgehead atoms. The van der Waals surface area contributed by atoms with Crippen molar-refractivity contribution in [2.75, 3.05) is 4.72 Å². The van der Waals surface area contributed by atoms with Crippen LogP contribution in [0.5, 0.6) is 0 Å². The van der Waals surface area contributed by atoms with Crippen molar-refractivity contribution in [3.63, 3.8) is 0 Å². The molecule has 0 aliphatic heterocycles. The molecule has 6 heteroatoms. The Balaban J connectivity index is 2.05. The highest BCUT2D eigenvalue weighted by atomic mass is 32.2. The number of hydrogen-bond donors (Lipinski definition) is 2. The van der Waals surface area contributed by atoms with Crippen molar-refractivity contribution < 1.29 is 8.42 Å². The van der Waals surface area contributed by atoms with Crippen molar-refractivity contribution in [2.24, 2.45) is 0 Å². The molecular formula is C9H15N3O2S. The van der Waals surface area contributed by atoms with Gasteiger partial charge in [-0.05, 0) is 12.8 Å². The van der Waals surface area contributed by atoms with Crippen LogP contribution in [-0.2, 0) is 10.0 Å². The van der Waals surface area contributed by atoms with E-state index in [4.69, 9.17) is 0 Å². The fourth-order valence-corrected chi connectivity index (χ4v) is 3.42. The zero-order chi connectivity index (χ0) is 10.7. The molecule has 0 saturated heterocycles. The van der Waals surface area contributed by atoms with E-state index >= 15 is 0 Å². The van der Waals surface area contributed by atoms with Gasteiger partial charge in [-0.1, -0.05) is 19.3 Å². The standard InChI is InChI=1S/C9H15N3O2S/c13-15(14,8-4-2-1-3-5-8)12-9-10-6-7-11-9/h6-8H,1-5H2,(H2,10,11,12). The van der Waals surface area contributed by atoms with E-state index in [1.54, 1.807) is 6.20 Å². The Labute approximate surface area is 89.4 Å². The molecule has 2 N–H and O–H groups in total. The van der Waals surface area contributed by atoms with Gasteiger partial charge in [0.1, 0.15) is 0 Å². The molecule has 1 heterocycles. The first-order chi connectivity index (χ1) is 7.18. The van der Waals surface area contributed by atoms with Gasteiger partial charge >= 0.3 is 0 Å². The van der Waals surface area contributed by atoms with Crippen molar-refractivity contribution in [1.29, 1.82) is 0 Å². The Morgan fingerprint density at radius 2 is 2.07 bits per heavy atom. The molecule has 2 rings (SSSR count). The summed E-state index contributed by atoms with van der Waals surface area (Å²) in [5, 5.41) is -0.253. The van der Waals surface area contributed by atoms with E-state index in [2.05, 4.69) is 14.7 Å². The summed E-state index contributed by atoms with van der Waals surface area (Å²) < 4.78 is 26.2. The predicted octanol–water partition coefficient (Wildman–Crippen LogP) is 1.48. The van der Waals surface area contributed by atoms with Crippen LogP contribution in [0.1, 0.15) is 32.1 Å².